The van der Waals surface area contributed by atoms with Gasteiger partial charge in [0.25, 0.3) is 0 Å². The van der Waals surface area contributed by atoms with E-state index in [1.807, 2.05) is 13.8 Å². The quantitative estimate of drug-likeness (QED) is 0.341. The summed E-state index contributed by atoms with van der Waals surface area (Å²) in [5.74, 6) is 0. The minimum absolute atomic E-state index is 0.172. The van der Waals surface area contributed by atoms with Gasteiger partial charge in [0.15, 0.2) is 0 Å². The molecule has 0 radical (unpaired) electrons. The first-order chi connectivity index (χ1) is 6.92. The van der Waals surface area contributed by atoms with E-state index in [9.17, 15) is 0 Å². The highest BCUT2D eigenvalue weighted by Crippen LogP contribution is 2.22. The summed E-state index contributed by atoms with van der Waals surface area (Å²) in [5.41, 5.74) is 0.483. The van der Waals surface area contributed by atoms with E-state index < -0.39 is 0 Å². The van der Waals surface area contributed by atoms with Crippen LogP contribution in [0.4, 0.5) is 0 Å². The van der Waals surface area contributed by atoms with Crippen LogP contribution in [0.25, 0.3) is 0 Å². The summed E-state index contributed by atoms with van der Waals surface area (Å²) in [6.07, 6.45) is 6.48. The molecule has 0 aliphatic carbocycles. The molecular formula is C13H28O2. The molecule has 0 aliphatic heterocycles. The Labute approximate surface area is 95.3 Å². The Hall–Kier alpha value is -0.0800. The lowest BCUT2D eigenvalue weighted by atomic mass is 9.89. The highest BCUT2D eigenvalue weighted by molar-refractivity contribution is 4.60. The second kappa shape index (κ2) is 8.12. The van der Waals surface area contributed by atoms with Gasteiger partial charge in [0.1, 0.15) is 0 Å². The Morgan fingerprint density at radius 3 is 2.07 bits per heavy atom. The monoisotopic (exact) mass is 216 g/mol. The van der Waals surface area contributed by atoms with Gasteiger partial charge in [-0.3, -0.25) is 0 Å². The fourth-order valence-electron chi connectivity index (χ4n) is 1.35. The first-order valence-corrected chi connectivity index (χ1v) is 6.20. The van der Waals surface area contributed by atoms with E-state index in [1.165, 1.54) is 25.7 Å². The summed E-state index contributed by atoms with van der Waals surface area (Å²) < 4.78 is 0. The van der Waals surface area contributed by atoms with E-state index in [2.05, 4.69) is 20.8 Å². The average Bonchev–Trinajstić information content (AvgIpc) is 2.07. The summed E-state index contributed by atoms with van der Waals surface area (Å²) in [7, 11) is 0. The molecule has 0 N–H and O–H groups in total. The van der Waals surface area contributed by atoms with E-state index in [0.717, 1.165) is 13.0 Å². The number of hydrogen-bond acceptors (Lipinski definition) is 2. The predicted molar refractivity (Wildman–Crippen MR) is 64.7 cm³/mol. The SMILES string of the molecule is CC(C)OOCCCCCCC(C)(C)C. The third kappa shape index (κ3) is 13.9. The van der Waals surface area contributed by atoms with Crippen LogP contribution < -0.4 is 0 Å². The summed E-state index contributed by atoms with van der Waals surface area (Å²) >= 11 is 0. The standard InChI is InChI=1S/C13H28O2/c1-12(2)15-14-11-9-7-6-8-10-13(3,4)5/h12H,6-11H2,1-5H3. The lowest BCUT2D eigenvalue weighted by Gasteiger charge is -2.17. The van der Waals surface area contributed by atoms with E-state index >= 15 is 0 Å². The topological polar surface area (TPSA) is 18.5 Å². The maximum atomic E-state index is 5.04. The van der Waals surface area contributed by atoms with Gasteiger partial charge in [0.2, 0.25) is 0 Å². The zero-order chi connectivity index (χ0) is 11.7. The van der Waals surface area contributed by atoms with Crippen LogP contribution in [-0.2, 0) is 9.78 Å². The molecular weight excluding hydrogens is 188 g/mol. The van der Waals surface area contributed by atoms with Gasteiger partial charge in [-0.2, -0.15) is 0 Å². The second-order valence-electron chi connectivity index (χ2n) is 5.69. The highest BCUT2D eigenvalue weighted by atomic mass is 17.2. The van der Waals surface area contributed by atoms with E-state index in [1.54, 1.807) is 0 Å². The number of unbranched alkanes of at least 4 members (excludes halogenated alkanes) is 3. The van der Waals surface area contributed by atoms with Gasteiger partial charge in [-0.15, -0.1) is 0 Å². The Morgan fingerprint density at radius 1 is 0.933 bits per heavy atom. The molecule has 0 rings (SSSR count). The molecule has 0 saturated carbocycles. The fraction of sp³-hybridized carbons (Fsp3) is 1.00. The van der Waals surface area contributed by atoms with Crippen LogP contribution in [0.2, 0.25) is 0 Å². The summed E-state index contributed by atoms with van der Waals surface area (Å²) in [6.45, 7) is 11.6. The van der Waals surface area contributed by atoms with Crippen molar-refractivity contribution in [2.45, 2.75) is 72.8 Å². The van der Waals surface area contributed by atoms with Gasteiger partial charge in [0.05, 0.1) is 12.7 Å². The molecule has 0 aromatic heterocycles. The normalized spacial score (nSPS) is 12.4. The Kier molecular flexibility index (Phi) is 8.07. The third-order valence-electron chi connectivity index (χ3n) is 2.16. The van der Waals surface area contributed by atoms with Crippen LogP contribution in [0.15, 0.2) is 0 Å². The highest BCUT2D eigenvalue weighted by Gasteiger charge is 2.08. The van der Waals surface area contributed by atoms with Crippen molar-refractivity contribution in [1.29, 1.82) is 0 Å². The van der Waals surface area contributed by atoms with E-state index in [0.29, 0.717) is 5.41 Å². The lowest BCUT2D eigenvalue weighted by molar-refractivity contribution is -0.317. The van der Waals surface area contributed by atoms with Gasteiger partial charge < -0.3 is 0 Å². The fourth-order valence-corrected chi connectivity index (χ4v) is 1.35. The Balaban J connectivity index is 3.06. The number of hydrogen-bond donors (Lipinski definition) is 0. The van der Waals surface area contributed by atoms with Crippen LogP contribution >= 0.6 is 0 Å². The van der Waals surface area contributed by atoms with Crippen LogP contribution in [0, 0.1) is 5.41 Å². The van der Waals surface area contributed by atoms with Crippen LogP contribution in [0.5, 0.6) is 0 Å². The van der Waals surface area contributed by atoms with Crippen molar-refractivity contribution >= 4 is 0 Å². The maximum Gasteiger partial charge on any atom is 0.0873 e. The largest absolute Gasteiger partial charge is 0.236 e. The number of rotatable bonds is 8. The van der Waals surface area contributed by atoms with Crippen LogP contribution in [-0.4, -0.2) is 12.7 Å². The molecule has 2 nitrogen and oxygen atoms in total. The first-order valence-electron chi connectivity index (χ1n) is 6.20. The zero-order valence-electron chi connectivity index (χ0n) is 11.1. The van der Waals surface area contributed by atoms with Crippen LogP contribution in [0.3, 0.4) is 0 Å². The molecule has 92 valence electrons. The minimum Gasteiger partial charge on any atom is -0.236 e. The van der Waals surface area contributed by atoms with Gasteiger partial charge >= 0.3 is 0 Å². The van der Waals surface area contributed by atoms with E-state index in [-0.39, 0.29) is 6.10 Å². The predicted octanol–water partition coefficient (Wildman–Crippen LogP) is 4.34. The average molecular weight is 216 g/mol. The molecule has 0 unspecified atom stereocenters. The van der Waals surface area contributed by atoms with Crippen molar-refractivity contribution in [3.8, 4) is 0 Å². The minimum atomic E-state index is 0.172. The molecule has 0 spiro atoms. The molecule has 0 aliphatic rings. The molecule has 0 heterocycles. The van der Waals surface area contributed by atoms with Gasteiger partial charge in [-0.05, 0) is 32.1 Å². The first kappa shape index (κ1) is 14.9. The van der Waals surface area contributed by atoms with Crippen molar-refractivity contribution in [2.75, 3.05) is 6.61 Å². The molecule has 0 saturated heterocycles. The van der Waals surface area contributed by atoms with Gasteiger partial charge in [0, 0.05) is 0 Å². The molecule has 2 heteroatoms. The lowest BCUT2D eigenvalue weighted by Crippen LogP contribution is -2.05. The van der Waals surface area contributed by atoms with Crippen molar-refractivity contribution in [1.82, 2.24) is 0 Å². The van der Waals surface area contributed by atoms with Gasteiger partial charge in [-0.25, -0.2) is 9.78 Å². The maximum absolute atomic E-state index is 5.04. The summed E-state index contributed by atoms with van der Waals surface area (Å²) in [6, 6.07) is 0. The van der Waals surface area contributed by atoms with Crippen molar-refractivity contribution in [3.63, 3.8) is 0 Å². The molecule has 0 atom stereocenters. The Morgan fingerprint density at radius 2 is 1.53 bits per heavy atom. The van der Waals surface area contributed by atoms with Gasteiger partial charge in [-0.1, -0.05) is 40.0 Å². The molecule has 0 bridgehead atoms. The second-order valence-corrected chi connectivity index (χ2v) is 5.69. The molecule has 0 amide bonds. The zero-order valence-corrected chi connectivity index (χ0v) is 11.1. The Bertz CT molecular complexity index is 136. The van der Waals surface area contributed by atoms with E-state index in [4.69, 9.17) is 9.78 Å². The molecule has 0 aromatic carbocycles. The van der Waals surface area contributed by atoms with Crippen molar-refractivity contribution in [3.05, 3.63) is 0 Å². The molecule has 0 fully saturated rings. The van der Waals surface area contributed by atoms with Crippen LogP contribution in [0.1, 0.15) is 66.7 Å². The third-order valence-corrected chi connectivity index (χ3v) is 2.16. The molecule has 15 heavy (non-hydrogen) atoms. The smallest absolute Gasteiger partial charge is 0.0873 e. The van der Waals surface area contributed by atoms with Crippen molar-refractivity contribution < 1.29 is 9.78 Å². The summed E-state index contributed by atoms with van der Waals surface area (Å²) in [4.78, 5) is 10.0. The summed E-state index contributed by atoms with van der Waals surface area (Å²) in [5, 5.41) is 0. The van der Waals surface area contributed by atoms with Crippen molar-refractivity contribution in [2.24, 2.45) is 5.41 Å². The molecule has 0 aromatic rings.